The first-order valence-corrected chi connectivity index (χ1v) is 11.4. The number of carboxylic acid groups (broad SMARTS) is 2. The van der Waals surface area contributed by atoms with Crippen LogP contribution in [0, 0.1) is 0 Å². The van der Waals surface area contributed by atoms with Gasteiger partial charge in [0.2, 0.25) is 0 Å². The van der Waals surface area contributed by atoms with Gasteiger partial charge in [-0.2, -0.15) is 13.2 Å². The van der Waals surface area contributed by atoms with Crippen molar-refractivity contribution in [1.82, 2.24) is 4.98 Å². The van der Waals surface area contributed by atoms with E-state index in [4.69, 9.17) is 14.6 Å². The second-order valence-electron chi connectivity index (χ2n) is 6.91. The molecular formula is C20H22F3N3O7S. The van der Waals surface area contributed by atoms with Gasteiger partial charge in [0.25, 0.3) is 10.0 Å². The lowest BCUT2D eigenvalue weighted by atomic mass is 10.2. The highest BCUT2D eigenvalue weighted by Gasteiger charge is 2.38. The van der Waals surface area contributed by atoms with Crippen LogP contribution in [-0.2, 0) is 14.8 Å². The number of halogens is 3. The summed E-state index contributed by atoms with van der Waals surface area (Å²) in [6.45, 7) is 3.82. The van der Waals surface area contributed by atoms with Crippen molar-refractivity contribution in [3.8, 4) is 5.75 Å². The molecule has 0 atom stereocenters. The van der Waals surface area contributed by atoms with Gasteiger partial charge in [-0.3, -0.25) is 4.72 Å². The molecule has 1 aromatic heterocycles. The molecule has 3 N–H and O–H groups in total. The summed E-state index contributed by atoms with van der Waals surface area (Å²) in [5.74, 6) is -2.92. The van der Waals surface area contributed by atoms with Crippen LogP contribution < -0.4 is 14.4 Å². The second-order valence-corrected chi connectivity index (χ2v) is 8.59. The number of aromatic carboxylic acids is 1. The van der Waals surface area contributed by atoms with E-state index in [1.165, 1.54) is 24.4 Å². The number of rotatable bonds is 7. The van der Waals surface area contributed by atoms with E-state index in [0.29, 0.717) is 18.2 Å². The van der Waals surface area contributed by atoms with Gasteiger partial charge in [0.05, 0.1) is 22.8 Å². The molecule has 10 nitrogen and oxygen atoms in total. The van der Waals surface area contributed by atoms with Crippen molar-refractivity contribution in [2.24, 2.45) is 0 Å². The molecule has 0 bridgehead atoms. The van der Waals surface area contributed by atoms with Crippen LogP contribution in [0.3, 0.4) is 0 Å². The smallest absolute Gasteiger partial charge is 0.490 e. The maximum atomic E-state index is 12.8. The molecule has 0 saturated carbocycles. The lowest BCUT2D eigenvalue weighted by Gasteiger charge is -2.21. The molecular weight excluding hydrogens is 483 g/mol. The van der Waals surface area contributed by atoms with Gasteiger partial charge in [0.1, 0.15) is 5.75 Å². The summed E-state index contributed by atoms with van der Waals surface area (Å²) in [6, 6.07) is 7.33. The van der Waals surface area contributed by atoms with E-state index in [-0.39, 0.29) is 16.1 Å². The van der Waals surface area contributed by atoms with Gasteiger partial charge in [-0.15, -0.1) is 0 Å². The first-order valence-electron chi connectivity index (χ1n) is 9.89. The highest BCUT2D eigenvalue weighted by atomic mass is 32.2. The molecule has 0 radical (unpaired) electrons. The Kier molecular flexibility index (Phi) is 8.68. The van der Waals surface area contributed by atoms with Crippen LogP contribution in [-0.4, -0.2) is 61.4 Å². The molecule has 3 rings (SSSR count). The lowest BCUT2D eigenvalue weighted by Crippen LogP contribution is -2.23. The van der Waals surface area contributed by atoms with Crippen LogP contribution in [0.5, 0.6) is 5.75 Å². The molecule has 0 unspecified atom stereocenters. The van der Waals surface area contributed by atoms with Crippen LogP contribution in [0.1, 0.15) is 30.1 Å². The lowest BCUT2D eigenvalue weighted by molar-refractivity contribution is -0.192. The van der Waals surface area contributed by atoms with Crippen LogP contribution in [0.4, 0.5) is 24.7 Å². The van der Waals surface area contributed by atoms with E-state index < -0.39 is 28.1 Å². The predicted octanol–water partition coefficient (Wildman–Crippen LogP) is 3.21. The maximum absolute atomic E-state index is 12.8. The van der Waals surface area contributed by atoms with Gasteiger partial charge in [0.15, 0.2) is 5.82 Å². The molecule has 1 aliphatic rings. The van der Waals surface area contributed by atoms with Crippen LogP contribution in [0.15, 0.2) is 41.4 Å². The highest BCUT2D eigenvalue weighted by molar-refractivity contribution is 7.92. The molecule has 1 aromatic carbocycles. The van der Waals surface area contributed by atoms with Crippen LogP contribution >= 0.6 is 0 Å². The summed E-state index contributed by atoms with van der Waals surface area (Å²) in [4.78, 5) is 26.4. The number of aliphatic carboxylic acids is 1. The number of pyridine rings is 1. The monoisotopic (exact) mass is 505 g/mol. The van der Waals surface area contributed by atoms with Crippen molar-refractivity contribution >= 4 is 33.5 Å². The van der Waals surface area contributed by atoms with E-state index in [2.05, 4.69) is 9.71 Å². The third-order valence-electron chi connectivity index (χ3n) is 4.45. The van der Waals surface area contributed by atoms with Gasteiger partial charge in [-0.25, -0.2) is 23.0 Å². The Labute approximate surface area is 193 Å². The van der Waals surface area contributed by atoms with Crippen LogP contribution in [0.25, 0.3) is 0 Å². The van der Waals surface area contributed by atoms with Crippen molar-refractivity contribution in [3.05, 3.63) is 42.1 Å². The number of carbonyl (C=O) groups is 2. The number of sulfonamides is 1. The average molecular weight is 505 g/mol. The first kappa shape index (κ1) is 26.7. The van der Waals surface area contributed by atoms with E-state index in [0.717, 1.165) is 25.9 Å². The summed E-state index contributed by atoms with van der Waals surface area (Å²) >= 11 is 0. The highest BCUT2D eigenvalue weighted by Crippen LogP contribution is 2.30. The third-order valence-corrected chi connectivity index (χ3v) is 5.83. The van der Waals surface area contributed by atoms with Gasteiger partial charge in [-0.1, -0.05) is 0 Å². The number of nitrogens with zero attached hydrogens (tertiary/aromatic N) is 2. The SMILES string of the molecule is CCOc1ccc(S(=O)(=O)Nc2cc(C(=O)O)cnc2N2CCCC2)cc1.O=C(O)C(F)(F)F. The molecule has 1 saturated heterocycles. The van der Waals surface area contributed by atoms with Crippen molar-refractivity contribution < 1.29 is 46.1 Å². The quantitative estimate of drug-likeness (QED) is 0.516. The molecule has 186 valence electrons. The van der Waals surface area contributed by atoms with Crippen molar-refractivity contribution in [3.63, 3.8) is 0 Å². The minimum atomic E-state index is -5.08. The van der Waals surface area contributed by atoms with E-state index in [9.17, 15) is 31.5 Å². The van der Waals surface area contributed by atoms with Gasteiger partial charge >= 0.3 is 18.1 Å². The summed E-state index contributed by atoms with van der Waals surface area (Å²) < 4.78 is 65.1. The number of ether oxygens (including phenoxy) is 1. The maximum Gasteiger partial charge on any atom is 0.490 e. The molecule has 2 aromatic rings. The molecule has 0 spiro atoms. The number of benzene rings is 1. The molecule has 1 aliphatic heterocycles. The summed E-state index contributed by atoms with van der Waals surface area (Å²) in [5, 5.41) is 16.3. The first-order chi connectivity index (χ1) is 15.8. The minimum absolute atomic E-state index is 0.0547. The average Bonchev–Trinajstić information content (AvgIpc) is 3.28. The van der Waals surface area contributed by atoms with Crippen molar-refractivity contribution in [2.45, 2.75) is 30.8 Å². The molecule has 0 aliphatic carbocycles. The summed E-state index contributed by atoms with van der Waals surface area (Å²) in [6.07, 6.45) is -1.88. The standard InChI is InChI=1S/C18H21N3O5S.C2HF3O2/c1-2-26-14-5-7-15(8-6-14)27(24,25)20-16-11-13(18(22)23)12-19-17(16)21-9-3-4-10-21;3-2(4,5)1(6)7/h5-8,11-12,20H,2-4,9-10H2,1H3,(H,22,23);(H,6,7). The van der Waals surface area contributed by atoms with E-state index >= 15 is 0 Å². The summed E-state index contributed by atoms with van der Waals surface area (Å²) in [5.41, 5.74) is 0.0769. The fourth-order valence-electron chi connectivity index (χ4n) is 2.92. The Hall–Kier alpha value is -3.55. The topological polar surface area (TPSA) is 146 Å². The Bertz CT molecular complexity index is 1120. The number of nitrogens with one attached hydrogen (secondary N) is 1. The zero-order valence-corrected chi connectivity index (χ0v) is 18.7. The molecule has 34 heavy (non-hydrogen) atoms. The van der Waals surface area contributed by atoms with Gasteiger partial charge in [0, 0.05) is 19.3 Å². The fraction of sp³-hybridized carbons (Fsp3) is 0.350. The molecule has 1 fully saturated rings. The predicted molar refractivity (Wildman–Crippen MR) is 115 cm³/mol. The largest absolute Gasteiger partial charge is 0.494 e. The van der Waals surface area contributed by atoms with Crippen molar-refractivity contribution in [2.75, 3.05) is 29.3 Å². The summed E-state index contributed by atoms with van der Waals surface area (Å²) in [7, 11) is -3.90. The minimum Gasteiger partial charge on any atom is -0.494 e. The number of hydrogen-bond acceptors (Lipinski definition) is 7. The van der Waals surface area contributed by atoms with Crippen LogP contribution in [0.2, 0.25) is 0 Å². The van der Waals surface area contributed by atoms with E-state index in [1.54, 1.807) is 12.1 Å². The number of aromatic nitrogens is 1. The molecule has 2 heterocycles. The zero-order chi connectivity index (χ0) is 25.5. The normalized spacial score (nSPS) is 13.6. The van der Waals surface area contributed by atoms with Gasteiger partial charge < -0.3 is 19.8 Å². The number of carboxylic acids is 2. The Morgan fingerprint density at radius 3 is 2.18 bits per heavy atom. The molecule has 14 heteroatoms. The van der Waals surface area contributed by atoms with Gasteiger partial charge in [-0.05, 0) is 50.1 Å². The number of alkyl halides is 3. The van der Waals surface area contributed by atoms with E-state index in [1.807, 2.05) is 11.8 Å². The Morgan fingerprint density at radius 1 is 1.15 bits per heavy atom. The number of anilines is 2. The molecule has 0 amide bonds. The Morgan fingerprint density at radius 2 is 1.71 bits per heavy atom. The zero-order valence-electron chi connectivity index (χ0n) is 17.9. The van der Waals surface area contributed by atoms with Crippen molar-refractivity contribution in [1.29, 1.82) is 0 Å². The Balaban J connectivity index is 0.000000509. The fourth-order valence-corrected chi connectivity index (χ4v) is 3.97. The number of hydrogen-bond donors (Lipinski definition) is 3. The third kappa shape index (κ3) is 7.23. The second kappa shape index (κ2) is 11.0.